The Hall–Kier alpha value is -1.09. The summed E-state index contributed by atoms with van der Waals surface area (Å²) in [5, 5.41) is 1.19. The number of rotatable bonds is 4. The lowest BCUT2D eigenvalue weighted by molar-refractivity contribution is 0.104. The average molecular weight is 268 g/mol. The number of hydrogen-bond donors (Lipinski definition) is 0. The van der Waals surface area contributed by atoms with Gasteiger partial charge in [-0.2, -0.15) is 0 Å². The third-order valence-electron chi connectivity index (χ3n) is 2.24. The fraction of sp³-hybridized carbons (Fsp3) is 0.154. The van der Waals surface area contributed by atoms with Gasteiger partial charge in [0.15, 0.2) is 0 Å². The van der Waals surface area contributed by atoms with Crippen LogP contribution in [0.3, 0.4) is 0 Å². The molecule has 0 radical (unpaired) electrons. The maximum atomic E-state index is 6.01. The molecule has 0 N–H and O–H groups in total. The summed E-state index contributed by atoms with van der Waals surface area (Å²) in [6, 6.07) is 13.1. The molecule has 2 aromatic rings. The molecule has 0 aliphatic rings. The van der Waals surface area contributed by atoms with Gasteiger partial charge in [-0.15, -0.1) is 0 Å². The first-order chi connectivity index (χ1) is 8.25. The molecule has 0 aliphatic heterocycles. The van der Waals surface area contributed by atoms with E-state index in [0.29, 0.717) is 23.4 Å². The number of nitrogens with zero attached hydrogens (tertiary/aromatic N) is 1. The van der Waals surface area contributed by atoms with E-state index in [0.717, 1.165) is 11.3 Å². The van der Waals surface area contributed by atoms with Crippen LogP contribution in [0.4, 0.5) is 0 Å². The minimum atomic E-state index is 0.422. The van der Waals surface area contributed by atoms with Crippen molar-refractivity contribution in [2.24, 2.45) is 0 Å². The fourth-order valence-electron chi connectivity index (χ4n) is 1.41. The van der Waals surface area contributed by atoms with Crippen molar-refractivity contribution in [3.8, 4) is 0 Å². The molecule has 1 aromatic carbocycles. The van der Waals surface area contributed by atoms with Crippen LogP contribution in [0.5, 0.6) is 0 Å². The van der Waals surface area contributed by atoms with Crippen molar-refractivity contribution in [2.45, 2.75) is 13.2 Å². The monoisotopic (exact) mass is 267 g/mol. The van der Waals surface area contributed by atoms with Crippen molar-refractivity contribution in [1.82, 2.24) is 4.98 Å². The van der Waals surface area contributed by atoms with Crippen LogP contribution in [-0.2, 0) is 18.0 Å². The molecule has 1 aromatic heterocycles. The highest BCUT2D eigenvalue weighted by molar-refractivity contribution is 6.31. The van der Waals surface area contributed by atoms with E-state index in [1.165, 1.54) is 0 Å². The van der Waals surface area contributed by atoms with Crippen molar-refractivity contribution < 1.29 is 4.74 Å². The summed E-state index contributed by atoms with van der Waals surface area (Å²) in [5.41, 5.74) is 1.78. The van der Waals surface area contributed by atoms with Gasteiger partial charge in [-0.1, -0.05) is 47.5 Å². The molecule has 0 amide bonds. The first-order valence-electron chi connectivity index (χ1n) is 5.18. The molecule has 2 rings (SSSR count). The molecule has 2 nitrogen and oxygen atoms in total. The molecule has 0 bridgehead atoms. The highest BCUT2D eigenvalue weighted by Gasteiger charge is 2.00. The molecule has 4 heteroatoms. The summed E-state index contributed by atoms with van der Waals surface area (Å²) in [6.45, 7) is 0.889. The Morgan fingerprint density at radius 3 is 2.53 bits per heavy atom. The van der Waals surface area contributed by atoms with Crippen LogP contribution in [0.2, 0.25) is 10.2 Å². The minimum Gasteiger partial charge on any atom is -0.370 e. The number of ether oxygens (including phenoxy) is 1. The first-order valence-corrected chi connectivity index (χ1v) is 5.94. The number of halogens is 2. The molecule has 0 spiro atoms. The molecule has 0 unspecified atom stereocenters. The Labute approximate surface area is 110 Å². The highest BCUT2D eigenvalue weighted by Crippen LogP contribution is 2.16. The number of pyridine rings is 1. The second-order valence-corrected chi connectivity index (χ2v) is 4.33. The predicted molar refractivity (Wildman–Crippen MR) is 69.2 cm³/mol. The summed E-state index contributed by atoms with van der Waals surface area (Å²) < 4.78 is 5.54. The Morgan fingerprint density at radius 1 is 0.941 bits per heavy atom. The van der Waals surface area contributed by atoms with Crippen molar-refractivity contribution in [1.29, 1.82) is 0 Å². The fourth-order valence-corrected chi connectivity index (χ4v) is 1.78. The zero-order chi connectivity index (χ0) is 12.1. The van der Waals surface area contributed by atoms with Crippen LogP contribution in [0.1, 0.15) is 11.3 Å². The van der Waals surface area contributed by atoms with E-state index in [-0.39, 0.29) is 0 Å². The summed E-state index contributed by atoms with van der Waals surface area (Å²) in [4.78, 5) is 4.13. The van der Waals surface area contributed by atoms with Gasteiger partial charge in [0.05, 0.1) is 18.9 Å². The molecule has 1 heterocycles. The van der Waals surface area contributed by atoms with Crippen molar-refractivity contribution in [3.05, 3.63) is 63.9 Å². The minimum absolute atomic E-state index is 0.422. The summed E-state index contributed by atoms with van der Waals surface area (Å²) in [7, 11) is 0. The smallest absolute Gasteiger partial charge is 0.129 e. The zero-order valence-corrected chi connectivity index (χ0v) is 10.6. The van der Waals surface area contributed by atoms with Gasteiger partial charge >= 0.3 is 0 Å². The number of aromatic nitrogens is 1. The summed E-state index contributed by atoms with van der Waals surface area (Å²) in [5.74, 6) is 0. The van der Waals surface area contributed by atoms with Crippen LogP contribution in [0.15, 0.2) is 42.5 Å². The highest BCUT2D eigenvalue weighted by atomic mass is 35.5. The van der Waals surface area contributed by atoms with E-state index >= 15 is 0 Å². The number of hydrogen-bond acceptors (Lipinski definition) is 2. The largest absolute Gasteiger partial charge is 0.370 e. The Balaban J connectivity index is 1.90. The topological polar surface area (TPSA) is 22.1 Å². The maximum absolute atomic E-state index is 6.01. The van der Waals surface area contributed by atoms with Gasteiger partial charge in [0, 0.05) is 5.02 Å². The van der Waals surface area contributed by atoms with Crippen molar-refractivity contribution in [3.63, 3.8) is 0 Å². The third-order valence-corrected chi connectivity index (χ3v) is 2.82. The second-order valence-electron chi connectivity index (χ2n) is 3.54. The molecule has 17 heavy (non-hydrogen) atoms. The SMILES string of the molecule is Clc1cccc(COCc2ccccc2Cl)n1. The van der Waals surface area contributed by atoms with E-state index in [9.17, 15) is 0 Å². The van der Waals surface area contributed by atoms with Crippen LogP contribution in [0, 0.1) is 0 Å². The average Bonchev–Trinajstić information content (AvgIpc) is 2.32. The molecule has 0 saturated heterocycles. The van der Waals surface area contributed by atoms with Gasteiger partial charge in [-0.05, 0) is 23.8 Å². The maximum Gasteiger partial charge on any atom is 0.129 e. The Bertz CT molecular complexity index is 502. The summed E-state index contributed by atoms with van der Waals surface area (Å²) in [6.07, 6.45) is 0. The van der Waals surface area contributed by atoms with E-state index < -0.39 is 0 Å². The molecular formula is C13H11Cl2NO. The normalized spacial score (nSPS) is 10.5. The third kappa shape index (κ3) is 3.70. The van der Waals surface area contributed by atoms with Gasteiger partial charge in [-0.3, -0.25) is 0 Å². The van der Waals surface area contributed by atoms with Gasteiger partial charge in [-0.25, -0.2) is 4.98 Å². The zero-order valence-electron chi connectivity index (χ0n) is 9.07. The van der Waals surface area contributed by atoms with Crippen molar-refractivity contribution in [2.75, 3.05) is 0 Å². The van der Waals surface area contributed by atoms with Gasteiger partial charge in [0.25, 0.3) is 0 Å². The van der Waals surface area contributed by atoms with E-state index in [4.69, 9.17) is 27.9 Å². The lowest BCUT2D eigenvalue weighted by Crippen LogP contribution is -1.97. The lowest BCUT2D eigenvalue weighted by Gasteiger charge is -2.05. The first kappa shape index (κ1) is 12.4. The van der Waals surface area contributed by atoms with Crippen LogP contribution >= 0.6 is 23.2 Å². The van der Waals surface area contributed by atoms with Gasteiger partial charge in [0.2, 0.25) is 0 Å². The van der Waals surface area contributed by atoms with E-state index in [1.54, 1.807) is 6.07 Å². The Morgan fingerprint density at radius 2 is 1.76 bits per heavy atom. The molecule has 0 fully saturated rings. The van der Waals surface area contributed by atoms with Gasteiger partial charge < -0.3 is 4.74 Å². The van der Waals surface area contributed by atoms with Crippen molar-refractivity contribution >= 4 is 23.2 Å². The predicted octanol–water partition coefficient (Wildman–Crippen LogP) is 4.11. The summed E-state index contributed by atoms with van der Waals surface area (Å²) >= 11 is 11.8. The van der Waals surface area contributed by atoms with E-state index in [2.05, 4.69) is 4.98 Å². The standard InChI is InChI=1S/C13H11Cl2NO/c14-12-6-2-1-4-10(12)8-17-9-11-5-3-7-13(15)16-11/h1-7H,8-9H2. The van der Waals surface area contributed by atoms with Crippen LogP contribution < -0.4 is 0 Å². The molecule has 0 aliphatic carbocycles. The van der Waals surface area contributed by atoms with Crippen LogP contribution in [0.25, 0.3) is 0 Å². The number of benzene rings is 1. The second kappa shape index (κ2) is 6.01. The molecular weight excluding hydrogens is 257 g/mol. The molecule has 0 saturated carbocycles. The van der Waals surface area contributed by atoms with E-state index in [1.807, 2.05) is 36.4 Å². The van der Waals surface area contributed by atoms with Gasteiger partial charge in [0.1, 0.15) is 5.15 Å². The quantitative estimate of drug-likeness (QED) is 0.778. The Kier molecular flexibility index (Phi) is 4.37. The van der Waals surface area contributed by atoms with Crippen LogP contribution in [-0.4, -0.2) is 4.98 Å². The molecule has 88 valence electrons. The molecule has 0 atom stereocenters. The lowest BCUT2D eigenvalue weighted by atomic mass is 10.2.